The minimum Gasteiger partial charge on any atom is -0.396 e. The number of para-hydroxylation sites is 1. The molecule has 3 nitrogen and oxygen atoms in total. The Morgan fingerprint density at radius 3 is 2.65 bits per heavy atom. The largest absolute Gasteiger partial charge is 0.396 e. The third kappa shape index (κ3) is 3.19. The second-order valence-corrected chi connectivity index (χ2v) is 4.43. The third-order valence-corrected chi connectivity index (χ3v) is 2.86. The Labute approximate surface area is 101 Å². The molecule has 1 aromatic carbocycles. The maximum atomic E-state index is 13.2. The Hall–Kier alpha value is -1.58. The normalized spacial score (nSPS) is 12.5. The standard InChI is InChI=1S/C13H19FN2O/c1-4-11(8(2)3)16-13(17)9-6-5-7-10(14)12(9)15/h5-8,11H,4,15H2,1-3H3,(H,16,17). The van der Waals surface area contributed by atoms with Gasteiger partial charge in [-0.15, -0.1) is 0 Å². The fraction of sp³-hybridized carbons (Fsp3) is 0.462. The highest BCUT2D eigenvalue weighted by Crippen LogP contribution is 2.16. The Morgan fingerprint density at radius 2 is 2.12 bits per heavy atom. The van der Waals surface area contributed by atoms with Crippen LogP contribution in [0, 0.1) is 11.7 Å². The second kappa shape index (κ2) is 5.66. The van der Waals surface area contributed by atoms with E-state index < -0.39 is 5.82 Å². The van der Waals surface area contributed by atoms with Gasteiger partial charge in [0.15, 0.2) is 0 Å². The molecule has 4 heteroatoms. The summed E-state index contributed by atoms with van der Waals surface area (Å²) in [6.07, 6.45) is 0.832. The first-order valence-electron chi connectivity index (χ1n) is 5.82. The number of halogens is 1. The number of hydrogen-bond donors (Lipinski definition) is 2. The smallest absolute Gasteiger partial charge is 0.253 e. The molecule has 0 aromatic heterocycles. The number of nitrogens with one attached hydrogen (secondary N) is 1. The number of rotatable bonds is 4. The zero-order chi connectivity index (χ0) is 13.0. The van der Waals surface area contributed by atoms with Gasteiger partial charge in [0.25, 0.3) is 5.91 Å². The SMILES string of the molecule is CCC(NC(=O)c1cccc(F)c1N)C(C)C. The Balaban J connectivity index is 2.86. The maximum Gasteiger partial charge on any atom is 0.253 e. The zero-order valence-corrected chi connectivity index (χ0v) is 10.5. The fourth-order valence-electron chi connectivity index (χ4n) is 1.72. The minimum atomic E-state index is -0.560. The topological polar surface area (TPSA) is 55.1 Å². The molecule has 0 heterocycles. The van der Waals surface area contributed by atoms with Crippen LogP contribution in [0.5, 0.6) is 0 Å². The summed E-state index contributed by atoms with van der Waals surface area (Å²) in [5, 5.41) is 2.86. The molecule has 1 unspecified atom stereocenters. The first kappa shape index (κ1) is 13.5. The van der Waals surface area contributed by atoms with Crippen LogP contribution in [-0.2, 0) is 0 Å². The third-order valence-electron chi connectivity index (χ3n) is 2.86. The van der Waals surface area contributed by atoms with E-state index in [2.05, 4.69) is 5.32 Å². The molecule has 1 amide bonds. The van der Waals surface area contributed by atoms with Gasteiger partial charge in [-0.1, -0.05) is 26.8 Å². The molecule has 0 radical (unpaired) electrons. The van der Waals surface area contributed by atoms with Crippen LogP contribution >= 0.6 is 0 Å². The van der Waals surface area contributed by atoms with E-state index in [1.807, 2.05) is 20.8 Å². The van der Waals surface area contributed by atoms with Crippen molar-refractivity contribution < 1.29 is 9.18 Å². The zero-order valence-electron chi connectivity index (χ0n) is 10.5. The summed E-state index contributed by atoms with van der Waals surface area (Å²) < 4.78 is 13.2. The number of hydrogen-bond acceptors (Lipinski definition) is 2. The van der Waals surface area contributed by atoms with E-state index in [0.29, 0.717) is 5.92 Å². The van der Waals surface area contributed by atoms with Crippen LogP contribution in [0.15, 0.2) is 18.2 Å². The van der Waals surface area contributed by atoms with E-state index in [1.54, 1.807) is 0 Å². The average molecular weight is 238 g/mol. The van der Waals surface area contributed by atoms with Gasteiger partial charge in [0, 0.05) is 6.04 Å². The molecule has 1 atom stereocenters. The van der Waals surface area contributed by atoms with E-state index in [1.165, 1.54) is 18.2 Å². The van der Waals surface area contributed by atoms with Crippen molar-refractivity contribution in [3.05, 3.63) is 29.6 Å². The van der Waals surface area contributed by atoms with Gasteiger partial charge in [-0.05, 0) is 24.5 Å². The minimum absolute atomic E-state index is 0.0742. The van der Waals surface area contributed by atoms with Crippen LogP contribution in [-0.4, -0.2) is 11.9 Å². The number of amides is 1. The van der Waals surface area contributed by atoms with Crippen LogP contribution < -0.4 is 11.1 Å². The molecule has 0 saturated carbocycles. The van der Waals surface area contributed by atoms with Gasteiger partial charge in [0.1, 0.15) is 5.82 Å². The van der Waals surface area contributed by atoms with Crippen molar-refractivity contribution in [2.24, 2.45) is 5.92 Å². The summed E-state index contributed by atoms with van der Waals surface area (Å²) >= 11 is 0. The van der Waals surface area contributed by atoms with Crippen molar-refractivity contribution in [2.75, 3.05) is 5.73 Å². The molecule has 1 aromatic rings. The van der Waals surface area contributed by atoms with Crippen molar-refractivity contribution in [2.45, 2.75) is 33.2 Å². The molecule has 0 saturated heterocycles. The number of nitrogen functional groups attached to an aromatic ring is 1. The summed E-state index contributed by atoms with van der Waals surface area (Å²) in [5.41, 5.74) is 5.65. The van der Waals surface area contributed by atoms with E-state index in [4.69, 9.17) is 5.73 Å². The van der Waals surface area contributed by atoms with Crippen molar-refractivity contribution in [3.63, 3.8) is 0 Å². The van der Waals surface area contributed by atoms with E-state index in [0.717, 1.165) is 6.42 Å². The number of carbonyl (C=O) groups excluding carboxylic acids is 1. The predicted molar refractivity (Wildman–Crippen MR) is 67.2 cm³/mol. The summed E-state index contributed by atoms with van der Waals surface area (Å²) in [6, 6.07) is 4.33. The Morgan fingerprint density at radius 1 is 1.47 bits per heavy atom. The number of anilines is 1. The first-order valence-corrected chi connectivity index (χ1v) is 5.82. The second-order valence-electron chi connectivity index (χ2n) is 4.43. The van der Waals surface area contributed by atoms with Crippen LogP contribution in [0.25, 0.3) is 0 Å². The lowest BCUT2D eigenvalue weighted by atomic mass is 10.0. The van der Waals surface area contributed by atoms with Crippen LogP contribution in [0.1, 0.15) is 37.6 Å². The average Bonchev–Trinajstić information content (AvgIpc) is 2.28. The molecular weight excluding hydrogens is 219 g/mol. The molecule has 3 N–H and O–H groups in total. The lowest BCUT2D eigenvalue weighted by Crippen LogP contribution is -2.38. The summed E-state index contributed by atoms with van der Waals surface area (Å²) in [7, 11) is 0. The molecule has 0 bridgehead atoms. The van der Waals surface area contributed by atoms with Crippen LogP contribution in [0.4, 0.5) is 10.1 Å². The maximum absolute atomic E-state index is 13.2. The highest BCUT2D eigenvalue weighted by molar-refractivity contribution is 5.99. The molecule has 0 aliphatic rings. The molecule has 0 aliphatic heterocycles. The van der Waals surface area contributed by atoms with Gasteiger partial charge in [0.2, 0.25) is 0 Å². The lowest BCUT2D eigenvalue weighted by molar-refractivity contribution is 0.0925. The fourth-order valence-corrected chi connectivity index (χ4v) is 1.72. The molecule has 94 valence electrons. The summed E-state index contributed by atoms with van der Waals surface area (Å²) in [6.45, 7) is 6.06. The molecule has 0 aliphatic carbocycles. The van der Waals surface area contributed by atoms with Crippen molar-refractivity contribution in [1.29, 1.82) is 0 Å². The van der Waals surface area contributed by atoms with Gasteiger partial charge >= 0.3 is 0 Å². The van der Waals surface area contributed by atoms with Crippen LogP contribution in [0.3, 0.4) is 0 Å². The first-order chi connectivity index (χ1) is 7.97. The van der Waals surface area contributed by atoms with E-state index in [-0.39, 0.29) is 23.2 Å². The Kier molecular flexibility index (Phi) is 4.49. The monoisotopic (exact) mass is 238 g/mol. The lowest BCUT2D eigenvalue weighted by Gasteiger charge is -2.21. The van der Waals surface area contributed by atoms with E-state index in [9.17, 15) is 9.18 Å². The van der Waals surface area contributed by atoms with Crippen molar-refractivity contribution in [1.82, 2.24) is 5.32 Å². The van der Waals surface area contributed by atoms with Gasteiger partial charge in [-0.3, -0.25) is 4.79 Å². The van der Waals surface area contributed by atoms with Gasteiger partial charge < -0.3 is 11.1 Å². The van der Waals surface area contributed by atoms with Crippen molar-refractivity contribution >= 4 is 11.6 Å². The van der Waals surface area contributed by atoms with Gasteiger partial charge in [-0.25, -0.2) is 4.39 Å². The molecule has 1 rings (SSSR count). The predicted octanol–water partition coefficient (Wildman–Crippen LogP) is 2.57. The van der Waals surface area contributed by atoms with E-state index >= 15 is 0 Å². The number of carbonyl (C=O) groups is 1. The summed E-state index contributed by atoms with van der Waals surface area (Å²) in [4.78, 5) is 11.9. The molecule has 17 heavy (non-hydrogen) atoms. The molecule has 0 spiro atoms. The van der Waals surface area contributed by atoms with Crippen molar-refractivity contribution in [3.8, 4) is 0 Å². The quantitative estimate of drug-likeness (QED) is 0.792. The number of benzene rings is 1. The van der Waals surface area contributed by atoms with Crippen LogP contribution in [0.2, 0.25) is 0 Å². The van der Waals surface area contributed by atoms with Gasteiger partial charge in [-0.2, -0.15) is 0 Å². The summed E-state index contributed by atoms with van der Waals surface area (Å²) in [5.74, 6) is -0.545. The Bertz CT molecular complexity index is 404. The molecular formula is C13H19FN2O. The number of nitrogens with two attached hydrogens (primary N) is 1. The highest BCUT2D eigenvalue weighted by atomic mass is 19.1. The molecule has 0 fully saturated rings. The van der Waals surface area contributed by atoms with Gasteiger partial charge in [0.05, 0.1) is 11.3 Å². The highest BCUT2D eigenvalue weighted by Gasteiger charge is 2.17.